The number of carbonyl (C=O) groups excluding carboxylic acids is 1. The number of nitrogens with zero attached hydrogens (tertiary/aromatic N) is 1. The van der Waals surface area contributed by atoms with E-state index >= 15 is 0 Å². The minimum Gasteiger partial charge on any atom is -0.398 e. The van der Waals surface area contributed by atoms with E-state index in [1.165, 1.54) is 0 Å². The summed E-state index contributed by atoms with van der Waals surface area (Å²) in [5, 5.41) is 0. The van der Waals surface area contributed by atoms with Crippen LogP contribution in [-0.4, -0.2) is 16.8 Å². The van der Waals surface area contributed by atoms with Crippen molar-refractivity contribution < 1.29 is 4.79 Å². The van der Waals surface area contributed by atoms with Crippen molar-refractivity contribution in [2.24, 2.45) is 0 Å². The fourth-order valence-electron chi connectivity index (χ4n) is 2.14. The maximum absolute atomic E-state index is 12.2. The summed E-state index contributed by atoms with van der Waals surface area (Å²) in [6, 6.07) is 8.27. The van der Waals surface area contributed by atoms with Crippen molar-refractivity contribution in [2.75, 3.05) is 5.73 Å². The molecule has 1 aromatic carbocycles. The minimum absolute atomic E-state index is 0.280. The molecule has 0 atom stereocenters. The molecule has 1 fully saturated rings. The number of hydrogen-bond donors (Lipinski definition) is 1. The van der Waals surface area contributed by atoms with E-state index in [1.54, 1.807) is 0 Å². The summed E-state index contributed by atoms with van der Waals surface area (Å²) in [6.07, 6.45) is 5.00. The Morgan fingerprint density at radius 3 is 2.72 bits per heavy atom. The number of unbranched alkanes of at least 4 members (excludes halogenated alkanes) is 1. The highest BCUT2D eigenvalue weighted by Crippen LogP contribution is 2.30. The third-order valence-electron chi connectivity index (χ3n) is 3.45. The Bertz CT molecular complexity index is 413. The lowest BCUT2D eigenvalue weighted by Crippen LogP contribution is -2.32. The fraction of sp³-hybridized carbons (Fsp3) is 0.533. The lowest BCUT2D eigenvalue weighted by molar-refractivity contribution is -0.132. The van der Waals surface area contributed by atoms with E-state index < -0.39 is 0 Å². The van der Waals surface area contributed by atoms with E-state index in [9.17, 15) is 4.79 Å². The largest absolute Gasteiger partial charge is 0.398 e. The van der Waals surface area contributed by atoms with Gasteiger partial charge in [-0.05, 0) is 30.9 Å². The monoisotopic (exact) mass is 246 g/mol. The molecule has 98 valence electrons. The predicted molar refractivity (Wildman–Crippen MR) is 74.0 cm³/mol. The van der Waals surface area contributed by atoms with Crippen LogP contribution in [0, 0.1) is 0 Å². The number of para-hydroxylation sites is 1. The lowest BCUT2D eigenvalue weighted by atomic mass is 10.1. The minimum atomic E-state index is 0.280. The maximum Gasteiger partial charge on any atom is 0.223 e. The van der Waals surface area contributed by atoms with Crippen LogP contribution in [0.2, 0.25) is 0 Å². The van der Waals surface area contributed by atoms with Crippen molar-refractivity contribution in [3.05, 3.63) is 29.8 Å². The summed E-state index contributed by atoms with van der Waals surface area (Å²) in [7, 11) is 0. The van der Waals surface area contributed by atoms with E-state index in [2.05, 4.69) is 6.92 Å². The molecule has 0 unspecified atom stereocenters. The topological polar surface area (TPSA) is 46.3 Å². The van der Waals surface area contributed by atoms with E-state index in [-0.39, 0.29) is 5.91 Å². The molecular formula is C15H22N2O. The van der Waals surface area contributed by atoms with Gasteiger partial charge in [-0.15, -0.1) is 0 Å². The molecule has 0 spiro atoms. The second kappa shape index (κ2) is 5.89. The van der Waals surface area contributed by atoms with Crippen molar-refractivity contribution in [2.45, 2.75) is 51.6 Å². The van der Waals surface area contributed by atoms with Crippen LogP contribution in [0.5, 0.6) is 0 Å². The molecule has 0 heterocycles. The molecule has 0 aromatic heterocycles. The van der Waals surface area contributed by atoms with Crippen molar-refractivity contribution in [1.82, 2.24) is 4.90 Å². The molecule has 2 rings (SSSR count). The first-order valence-electron chi connectivity index (χ1n) is 6.85. The van der Waals surface area contributed by atoms with Gasteiger partial charge in [0.1, 0.15) is 0 Å². The molecule has 2 N–H and O–H groups in total. The molecule has 1 saturated carbocycles. The van der Waals surface area contributed by atoms with Gasteiger partial charge >= 0.3 is 0 Å². The van der Waals surface area contributed by atoms with Crippen LogP contribution in [0.3, 0.4) is 0 Å². The van der Waals surface area contributed by atoms with Crippen molar-refractivity contribution in [1.29, 1.82) is 0 Å². The highest BCUT2D eigenvalue weighted by molar-refractivity contribution is 5.77. The van der Waals surface area contributed by atoms with Gasteiger partial charge in [0.05, 0.1) is 0 Å². The molecule has 0 radical (unpaired) electrons. The quantitative estimate of drug-likeness (QED) is 0.784. The Kier molecular flexibility index (Phi) is 4.24. The van der Waals surface area contributed by atoms with Gasteiger partial charge in [-0.25, -0.2) is 0 Å². The average molecular weight is 246 g/mol. The molecule has 0 saturated heterocycles. The third kappa shape index (κ3) is 3.25. The van der Waals surface area contributed by atoms with Crippen LogP contribution >= 0.6 is 0 Å². The first-order valence-corrected chi connectivity index (χ1v) is 6.85. The smallest absolute Gasteiger partial charge is 0.223 e. The van der Waals surface area contributed by atoms with E-state index in [0.717, 1.165) is 36.9 Å². The highest BCUT2D eigenvalue weighted by atomic mass is 16.2. The van der Waals surface area contributed by atoms with Crippen LogP contribution in [0.15, 0.2) is 24.3 Å². The number of nitrogen functional groups attached to an aromatic ring is 1. The van der Waals surface area contributed by atoms with Crippen molar-refractivity contribution in [3.63, 3.8) is 0 Å². The standard InChI is InChI=1S/C15H22N2O/c1-2-3-8-15(18)17(13-9-10-13)11-12-6-4-5-7-14(12)16/h4-7,13H,2-3,8-11,16H2,1H3. The van der Waals surface area contributed by atoms with E-state index in [0.29, 0.717) is 19.0 Å². The highest BCUT2D eigenvalue weighted by Gasteiger charge is 2.32. The number of anilines is 1. The van der Waals surface area contributed by atoms with Gasteiger partial charge in [0.25, 0.3) is 0 Å². The van der Waals surface area contributed by atoms with E-state index in [4.69, 9.17) is 5.73 Å². The van der Waals surface area contributed by atoms with Gasteiger partial charge < -0.3 is 10.6 Å². The zero-order valence-electron chi connectivity index (χ0n) is 11.1. The summed E-state index contributed by atoms with van der Waals surface area (Å²) in [5.74, 6) is 0.280. The number of carbonyl (C=O) groups is 1. The Balaban J connectivity index is 2.02. The molecule has 1 aromatic rings. The maximum atomic E-state index is 12.2. The summed E-state index contributed by atoms with van der Waals surface area (Å²) in [6.45, 7) is 2.78. The van der Waals surface area contributed by atoms with Gasteiger partial charge in [-0.3, -0.25) is 4.79 Å². The fourth-order valence-corrected chi connectivity index (χ4v) is 2.14. The van der Waals surface area contributed by atoms with Crippen LogP contribution < -0.4 is 5.73 Å². The third-order valence-corrected chi connectivity index (χ3v) is 3.45. The second-order valence-electron chi connectivity index (χ2n) is 5.06. The van der Waals surface area contributed by atoms with Crippen LogP contribution in [-0.2, 0) is 11.3 Å². The Labute approximate surface area is 109 Å². The van der Waals surface area contributed by atoms with E-state index in [1.807, 2.05) is 29.2 Å². The summed E-state index contributed by atoms with van der Waals surface area (Å²) in [5.41, 5.74) is 7.80. The molecule has 0 aliphatic heterocycles. The number of hydrogen-bond acceptors (Lipinski definition) is 2. The Morgan fingerprint density at radius 1 is 1.39 bits per heavy atom. The molecule has 3 nitrogen and oxygen atoms in total. The Morgan fingerprint density at radius 2 is 2.11 bits per heavy atom. The lowest BCUT2D eigenvalue weighted by Gasteiger charge is -2.23. The van der Waals surface area contributed by atoms with Crippen LogP contribution in [0.1, 0.15) is 44.6 Å². The second-order valence-corrected chi connectivity index (χ2v) is 5.06. The summed E-state index contributed by atoms with van der Waals surface area (Å²) >= 11 is 0. The first-order chi connectivity index (χ1) is 8.72. The average Bonchev–Trinajstić information content (AvgIpc) is 3.19. The molecule has 1 amide bonds. The first kappa shape index (κ1) is 12.9. The number of rotatable bonds is 6. The zero-order chi connectivity index (χ0) is 13.0. The van der Waals surface area contributed by atoms with Gasteiger partial charge in [-0.1, -0.05) is 31.5 Å². The molecule has 18 heavy (non-hydrogen) atoms. The van der Waals surface area contributed by atoms with Gasteiger partial charge in [0, 0.05) is 24.7 Å². The molecule has 3 heteroatoms. The van der Waals surface area contributed by atoms with Gasteiger partial charge in [0.15, 0.2) is 0 Å². The molecule has 0 bridgehead atoms. The van der Waals surface area contributed by atoms with Crippen LogP contribution in [0.25, 0.3) is 0 Å². The SMILES string of the molecule is CCCCC(=O)N(Cc1ccccc1N)C1CC1. The zero-order valence-corrected chi connectivity index (χ0v) is 11.1. The normalized spacial score (nSPS) is 14.5. The summed E-state index contributed by atoms with van der Waals surface area (Å²) < 4.78 is 0. The van der Waals surface area contributed by atoms with Gasteiger partial charge in [-0.2, -0.15) is 0 Å². The van der Waals surface area contributed by atoms with Crippen molar-refractivity contribution >= 4 is 11.6 Å². The van der Waals surface area contributed by atoms with Crippen LogP contribution in [0.4, 0.5) is 5.69 Å². The Hall–Kier alpha value is -1.51. The molecular weight excluding hydrogens is 224 g/mol. The molecule has 1 aliphatic rings. The number of amides is 1. The van der Waals surface area contributed by atoms with Crippen molar-refractivity contribution in [3.8, 4) is 0 Å². The van der Waals surface area contributed by atoms with Gasteiger partial charge in [0.2, 0.25) is 5.91 Å². The molecule has 1 aliphatic carbocycles. The predicted octanol–water partition coefficient (Wildman–Crippen LogP) is 2.95. The number of nitrogens with two attached hydrogens (primary N) is 1. The number of benzene rings is 1. The summed E-state index contributed by atoms with van der Waals surface area (Å²) in [4.78, 5) is 14.2.